The Kier molecular flexibility index (Phi) is 7.09. The molecule has 0 unspecified atom stereocenters. The first kappa shape index (κ1) is 27.2. The van der Waals surface area contributed by atoms with Gasteiger partial charge in [-0.2, -0.15) is 0 Å². The molecule has 0 amide bonds. The molecule has 0 atom stereocenters. The largest absolute Gasteiger partial charge is 0.507 e. The lowest BCUT2D eigenvalue weighted by Gasteiger charge is -2.23. The van der Waals surface area contributed by atoms with Crippen molar-refractivity contribution < 1.29 is 29.8 Å². The Bertz CT molecular complexity index is 3600. The van der Waals surface area contributed by atoms with Gasteiger partial charge in [0.25, 0.3) is 0 Å². The maximum absolute atomic E-state index is 12.4. The molecule has 64 heavy (non-hydrogen) atoms. The van der Waals surface area contributed by atoms with Crippen LogP contribution in [0.15, 0.2) is 140 Å². The van der Waals surface area contributed by atoms with Crippen molar-refractivity contribution in [1.82, 2.24) is 14.5 Å². The number of hydrogen-bond acceptors (Lipinski definition) is 3. The SMILES string of the molecule is [2H]C([2H])([2H])C(c1ccc(-c2ccnc(-c3cc(-c4cccc5c4nc(-c4cc(C(C)C)cc(C(C)C)c4O)n5-c4ccc(C(C([2H])([2H])[2H])(C([2H])([2H])[2H])C([2H])([2H])[2H])cc4-c4ccccc4)cc(C(C)(C)C)c3)c2)cc1)(C([2H])([2H])[2H])C([2H])([2H])[2H]. The summed E-state index contributed by atoms with van der Waals surface area (Å²) >= 11 is 0. The van der Waals surface area contributed by atoms with Crippen molar-refractivity contribution in [3.8, 4) is 67.5 Å². The first-order chi connectivity index (χ1) is 37.7. The lowest BCUT2D eigenvalue weighted by molar-refractivity contribution is 0.466. The fraction of sp³-hybridized carbons (Fsp3) is 0.300. The third-order valence-corrected chi connectivity index (χ3v) is 11.9. The van der Waals surface area contributed by atoms with E-state index in [0.717, 1.165) is 16.7 Å². The third kappa shape index (κ3) is 8.68. The van der Waals surface area contributed by atoms with Gasteiger partial charge in [-0.15, -0.1) is 0 Å². The Balaban J connectivity index is 1.42. The fourth-order valence-electron chi connectivity index (χ4n) is 8.24. The number of fused-ring (bicyclic) bond motifs is 1. The molecule has 8 rings (SSSR count). The summed E-state index contributed by atoms with van der Waals surface area (Å²) in [5, 5.41) is 12.4. The Morgan fingerprint density at radius 3 is 1.89 bits per heavy atom. The summed E-state index contributed by atoms with van der Waals surface area (Å²) in [5.74, 6) is 0.132. The minimum atomic E-state index is -3.54. The number of para-hydroxylation sites is 1. The van der Waals surface area contributed by atoms with Crippen LogP contribution in [0.5, 0.6) is 5.75 Å². The average molecular weight is 862 g/mol. The van der Waals surface area contributed by atoms with Gasteiger partial charge in [0, 0.05) is 47.6 Å². The summed E-state index contributed by atoms with van der Waals surface area (Å²) < 4.78 is 153. The van der Waals surface area contributed by atoms with E-state index in [1.54, 1.807) is 42.6 Å². The van der Waals surface area contributed by atoms with E-state index in [0.29, 0.717) is 66.9 Å². The smallest absolute Gasteiger partial charge is 0.149 e. The summed E-state index contributed by atoms with van der Waals surface area (Å²) in [5.41, 5.74) is 1.05. The number of rotatable bonds is 8. The molecule has 2 aromatic heterocycles. The topological polar surface area (TPSA) is 50.9 Å². The Labute approximate surface area is 407 Å². The average Bonchev–Trinajstić information content (AvgIpc) is 0.886. The van der Waals surface area contributed by atoms with E-state index < -0.39 is 62.9 Å². The van der Waals surface area contributed by atoms with E-state index in [-0.39, 0.29) is 29.0 Å². The van der Waals surface area contributed by atoms with E-state index in [1.165, 1.54) is 42.5 Å². The van der Waals surface area contributed by atoms with Gasteiger partial charge in [0.15, 0.2) is 0 Å². The Morgan fingerprint density at radius 2 is 1.22 bits per heavy atom. The van der Waals surface area contributed by atoms with Crippen LogP contribution in [0.25, 0.3) is 72.7 Å². The van der Waals surface area contributed by atoms with Crippen LogP contribution in [0.4, 0.5) is 0 Å². The molecule has 8 aromatic rings. The van der Waals surface area contributed by atoms with Gasteiger partial charge in [-0.1, -0.05) is 175 Å². The first-order valence-electron chi connectivity index (χ1n) is 30.5. The van der Waals surface area contributed by atoms with E-state index >= 15 is 0 Å². The minimum absolute atomic E-state index is 0.00552. The summed E-state index contributed by atoms with van der Waals surface area (Å²) in [6.45, 7) is -6.66. The molecule has 0 bridgehead atoms. The number of aromatic hydroxyl groups is 1. The van der Waals surface area contributed by atoms with Crippen molar-refractivity contribution in [3.63, 3.8) is 0 Å². The molecule has 4 nitrogen and oxygen atoms in total. The Morgan fingerprint density at radius 1 is 0.531 bits per heavy atom. The highest BCUT2D eigenvalue weighted by atomic mass is 16.3. The zero-order valence-electron chi connectivity index (χ0n) is 55.2. The number of nitrogens with zero attached hydrogens (tertiary/aromatic N) is 3. The fourth-order valence-corrected chi connectivity index (χ4v) is 8.24. The van der Waals surface area contributed by atoms with Crippen LogP contribution in [-0.4, -0.2) is 19.6 Å². The van der Waals surface area contributed by atoms with Crippen LogP contribution in [0.1, 0.15) is 154 Å². The highest BCUT2D eigenvalue weighted by Gasteiger charge is 2.27. The summed E-state index contributed by atoms with van der Waals surface area (Å²) in [7, 11) is 0. The van der Waals surface area contributed by atoms with Crippen LogP contribution in [0.2, 0.25) is 0 Å². The molecule has 6 aromatic carbocycles. The van der Waals surface area contributed by atoms with Crippen LogP contribution >= 0.6 is 0 Å². The quantitative estimate of drug-likeness (QED) is 0.166. The zero-order valence-corrected chi connectivity index (χ0v) is 37.2. The lowest BCUT2D eigenvalue weighted by atomic mass is 9.83. The van der Waals surface area contributed by atoms with Gasteiger partial charge in [-0.3, -0.25) is 9.55 Å². The summed E-state index contributed by atoms with van der Waals surface area (Å²) in [6, 6.07) is 37.5. The van der Waals surface area contributed by atoms with Gasteiger partial charge in [0.2, 0.25) is 0 Å². The van der Waals surface area contributed by atoms with E-state index in [1.807, 2.05) is 80.8 Å². The highest BCUT2D eigenvalue weighted by molar-refractivity contribution is 5.98. The molecule has 326 valence electrons. The van der Waals surface area contributed by atoms with Gasteiger partial charge < -0.3 is 5.11 Å². The van der Waals surface area contributed by atoms with Crippen molar-refractivity contribution in [2.24, 2.45) is 0 Å². The Hall–Kier alpha value is -6.26. The highest BCUT2D eigenvalue weighted by Crippen LogP contribution is 2.45. The van der Waals surface area contributed by atoms with Crippen LogP contribution in [0.3, 0.4) is 0 Å². The zero-order chi connectivity index (χ0) is 60.9. The van der Waals surface area contributed by atoms with Gasteiger partial charge in [0.1, 0.15) is 11.6 Å². The number of aromatic nitrogens is 3. The van der Waals surface area contributed by atoms with Crippen molar-refractivity contribution in [2.75, 3.05) is 0 Å². The number of pyridine rings is 1. The standard InChI is InChI=1S/C60H65N3O/c1-37(2)42-33-49(38(3)4)56(64)51(34-42)57-62-55-48(20-17-21-54(55)63(57)53-27-26-46(59(8,9)10)36-50(53)40-18-15-14-16-19-40)43-30-44(32-47(31-43)60(11,12)13)52-35-41(28-29-61-52)39-22-24-45(25-23-39)58(5,6)7/h14-38,64H,1-13H3/i5D3,6D3,7D3,8D3,9D3,10D3. The molecule has 0 aliphatic carbocycles. The molecule has 0 spiro atoms. The van der Waals surface area contributed by atoms with Crippen LogP contribution in [-0.2, 0) is 16.2 Å². The second kappa shape index (κ2) is 16.7. The third-order valence-electron chi connectivity index (χ3n) is 11.9. The molecule has 0 saturated carbocycles. The molecule has 0 aliphatic rings. The number of imidazole rings is 1. The van der Waals surface area contributed by atoms with Crippen LogP contribution < -0.4 is 0 Å². The van der Waals surface area contributed by atoms with Gasteiger partial charge in [-0.25, -0.2) is 4.98 Å². The summed E-state index contributed by atoms with van der Waals surface area (Å²) in [6.07, 6.45) is 1.60. The molecule has 0 radical (unpaired) electrons. The second-order valence-corrected chi connectivity index (χ2v) is 18.4. The van der Waals surface area contributed by atoms with Crippen molar-refractivity contribution in [3.05, 3.63) is 167 Å². The number of benzene rings is 6. The molecular weight excluding hydrogens is 779 g/mol. The van der Waals surface area contributed by atoms with Gasteiger partial charge >= 0.3 is 0 Å². The number of phenols is 1. The molecule has 1 N–H and O–H groups in total. The molecule has 2 heterocycles. The van der Waals surface area contributed by atoms with E-state index in [9.17, 15) is 5.11 Å². The maximum Gasteiger partial charge on any atom is 0.149 e. The predicted octanol–water partition coefficient (Wildman–Crippen LogP) is 16.6. The van der Waals surface area contributed by atoms with Crippen LogP contribution in [0, 0.1) is 0 Å². The number of hydrogen-bond donors (Lipinski definition) is 1. The van der Waals surface area contributed by atoms with Gasteiger partial charge in [0.05, 0.1) is 28.0 Å². The molecule has 0 fully saturated rings. The van der Waals surface area contributed by atoms with E-state index in [2.05, 4.69) is 26.8 Å². The lowest BCUT2D eigenvalue weighted by Crippen LogP contribution is -2.12. The van der Waals surface area contributed by atoms with Crippen molar-refractivity contribution >= 4 is 11.0 Å². The maximum atomic E-state index is 12.4. The van der Waals surface area contributed by atoms with Gasteiger partial charge in [-0.05, 0) is 127 Å². The number of phenolic OH excluding ortho intramolecular Hbond substituents is 1. The normalized spacial score (nSPS) is 17.8. The summed E-state index contributed by atoms with van der Waals surface area (Å²) in [4.78, 5) is 10.2. The van der Waals surface area contributed by atoms with Crippen molar-refractivity contribution in [2.45, 2.75) is 118 Å². The second-order valence-electron chi connectivity index (χ2n) is 18.4. The predicted molar refractivity (Wildman–Crippen MR) is 272 cm³/mol. The van der Waals surface area contributed by atoms with Crippen molar-refractivity contribution in [1.29, 1.82) is 0 Å². The minimum Gasteiger partial charge on any atom is -0.507 e. The molecule has 4 heteroatoms. The first-order valence-corrected chi connectivity index (χ1v) is 21.5. The molecular formula is C60H65N3O. The van der Waals surface area contributed by atoms with E-state index in [4.69, 9.17) is 34.6 Å². The molecule has 0 aliphatic heterocycles. The molecule has 0 saturated heterocycles. The monoisotopic (exact) mass is 862 g/mol.